The number of para-hydroxylation sites is 2. The van der Waals surface area contributed by atoms with E-state index in [2.05, 4.69) is 40.7 Å². The third-order valence-corrected chi connectivity index (χ3v) is 4.53. The van der Waals surface area contributed by atoms with Crippen molar-refractivity contribution in [3.8, 4) is 0 Å². The van der Waals surface area contributed by atoms with Crippen LogP contribution in [0.1, 0.15) is 51.3 Å². The van der Waals surface area contributed by atoms with Crippen LogP contribution >= 0.6 is 0 Å². The summed E-state index contributed by atoms with van der Waals surface area (Å²) in [6.45, 7) is 6.83. The number of aryl methyl sites for hydroxylation is 1. The molecular formula is C18H27N3. The number of fused-ring (bicyclic) bond motifs is 1. The van der Waals surface area contributed by atoms with Crippen molar-refractivity contribution in [2.24, 2.45) is 0 Å². The van der Waals surface area contributed by atoms with Gasteiger partial charge in [-0.3, -0.25) is 4.90 Å². The van der Waals surface area contributed by atoms with Gasteiger partial charge in [0.2, 0.25) is 0 Å². The second-order valence-electron chi connectivity index (χ2n) is 6.21. The fraction of sp³-hybridized carbons (Fsp3) is 0.611. The summed E-state index contributed by atoms with van der Waals surface area (Å²) in [4.78, 5) is 7.51. The summed E-state index contributed by atoms with van der Waals surface area (Å²) >= 11 is 0. The van der Waals surface area contributed by atoms with Gasteiger partial charge in [0.25, 0.3) is 0 Å². The van der Waals surface area contributed by atoms with Crippen molar-refractivity contribution in [2.45, 2.75) is 58.5 Å². The molecule has 0 amide bonds. The minimum Gasteiger partial charge on any atom is -0.327 e. The summed E-state index contributed by atoms with van der Waals surface area (Å²) in [6.07, 6.45) is 7.93. The zero-order valence-corrected chi connectivity index (χ0v) is 13.2. The molecule has 3 rings (SSSR count). The van der Waals surface area contributed by atoms with Gasteiger partial charge in [0, 0.05) is 6.54 Å². The van der Waals surface area contributed by atoms with Gasteiger partial charge < -0.3 is 4.57 Å². The van der Waals surface area contributed by atoms with Crippen LogP contribution in [0.5, 0.6) is 0 Å². The molecule has 0 N–H and O–H groups in total. The predicted molar refractivity (Wildman–Crippen MR) is 88.4 cm³/mol. The first-order valence-corrected chi connectivity index (χ1v) is 8.55. The summed E-state index contributed by atoms with van der Waals surface area (Å²) in [6, 6.07) is 8.57. The van der Waals surface area contributed by atoms with Crippen LogP contribution in [0.15, 0.2) is 24.3 Å². The molecule has 1 aromatic heterocycles. The Morgan fingerprint density at radius 2 is 1.81 bits per heavy atom. The number of likely N-dealkylation sites (tertiary alicyclic amines) is 1. The molecule has 21 heavy (non-hydrogen) atoms. The lowest BCUT2D eigenvalue weighted by Crippen LogP contribution is -2.26. The van der Waals surface area contributed by atoms with Gasteiger partial charge in [0.1, 0.15) is 5.82 Å². The maximum atomic E-state index is 4.91. The molecular weight excluding hydrogens is 258 g/mol. The molecule has 3 heteroatoms. The van der Waals surface area contributed by atoms with E-state index in [-0.39, 0.29) is 0 Å². The molecule has 1 aromatic carbocycles. The second kappa shape index (κ2) is 7.08. The van der Waals surface area contributed by atoms with Gasteiger partial charge in [-0.05, 0) is 44.5 Å². The standard InChI is InChI=1S/C18H27N3/c1-2-3-14-21-17-11-7-6-10-16(17)19-18(21)15-20-12-8-4-5-9-13-20/h6-7,10-11H,2-5,8-9,12-15H2,1H3. The smallest absolute Gasteiger partial charge is 0.124 e. The van der Waals surface area contributed by atoms with E-state index >= 15 is 0 Å². The van der Waals surface area contributed by atoms with Crippen LogP contribution in [0.25, 0.3) is 11.0 Å². The molecule has 2 heterocycles. The average Bonchev–Trinajstić information content (AvgIpc) is 2.67. The molecule has 0 radical (unpaired) electrons. The summed E-state index contributed by atoms with van der Waals surface area (Å²) in [7, 11) is 0. The molecule has 2 aromatic rings. The number of rotatable bonds is 5. The Kier molecular flexibility index (Phi) is 4.91. The molecule has 0 aliphatic carbocycles. The Bertz CT molecular complexity index is 565. The molecule has 0 atom stereocenters. The lowest BCUT2D eigenvalue weighted by Gasteiger charge is -2.20. The number of aromatic nitrogens is 2. The number of hydrogen-bond donors (Lipinski definition) is 0. The van der Waals surface area contributed by atoms with Gasteiger partial charge in [-0.15, -0.1) is 0 Å². The molecule has 1 fully saturated rings. The highest BCUT2D eigenvalue weighted by molar-refractivity contribution is 5.75. The first-order valence-electron chi connectivity index (χ1n) is 8.55. The predicted octanol–water partition coefficient (Wildman–Crippen LogP) is 4.21. The van der Waals surface area contributed by atoms with Crippen LogP contribution in [0, 0.1) is 0 Å². The van der Waals surface area contributed by atoms with Crippen molar-refractivity contribution in [3.05, 3.63) is 30.1 Å². The third-order valence-electron chi connectivity index (χ3n) is 4.53. The van der Waals surface area contributed by atoms with E-state index in [1.54, 1.807) is 0 Å². The van der Waals surface area contributed by atoms with Gasteiger partial charge in [0.15, 0.2) is 0 Å². The third kappa shape index (κ3) is 3.46. The van der Waals surface area contributed by atoms with E-state index in [9.17, 15) is 0 Å². The van der Waals surface area contributed by atoms with E-state index in [0.29, 0.717) is 0 Å². The minimum absolute atomic E-state index is 1.01. The summed E-state index contributed by atoms with van der Waals surface area (Å²) in [5, 5.41) is 0. The average molecular weight is 285 g/mol. The quantitative estimate of drug-likeness (QED) is 0.820. The number of nitrogens with zero attached hydrogens (tertiary/aromatic N) is 3. The van der Waals surface area contributed by atoms with E-state index in [4.69, 9.17) is 4.98 Å². The Hall–Kier alpha value is -1.35. The Labute approximate surface area is 128 Å². The molecule has 3 nitrogen and oxygen atoms in total. The summed E-state index contributed by atoms with van der Waals surface area (Å²) in [5.41, 5.74) is 2.45. The van der Waals surface area contributed by atoms with E-state index in [1.165, 1.54) is 63.0 Å². The van der Waals surface area contributed by atoms with Crippen LogP contribution in [0.2, 0.25) is 0 Å². The van der Waals surface area contributed by atoms with Crippen LogP contribution in [0.4, 0.5) is 0 Å². The lowest BCUT2D eigenvalue weighted by molar-refractivity contribution is 0.266. The topological polar surface area (TPSA) is 21.1 Å². The molecule has 0 saturated carbocycles. The van der Waals surface area contributed by atoms with Gasteiger partial charge in [-0.2, -0.15) is 0 Å². The van der Waals surface area contributed by atoms with Crippen molar-refractivity contribution in [3.63, 3.8) is 0 Å². The number of benzene rings is 1. The zero-order valence-electron chi connectivity index (χ0n) is 13.2. The first kappa shape index (κ1) is 14.6. The molecule has 1 saturated heterocycles. The highest BCUT2D eigenvalue weighted by Gasteiger charge is 2.15. The van der Waals surface area contributed by atoms with Gasteiger partial charge in [-0.25, -0.2) is 4.98 Å². The summed E-state index contributed by atoms with van der Waals surface area (Å²) in [5.74, 6) is 1.26. The largest absolute Gasteiger partial charge is 0.327 e. The van der Waals surface area contributed by atoms with Crippen LogP contribution in [-0.4, -0.2) is 27.5 Å². The molecule has 0 bridgehead atoms. The number of imidazole rings is 1. The zero-order chi connectivity index (χ0) is 14.5. The normalized spacial score (nSPS) is 17.2. The van der Waals surface area contributed by atoms with Crippen LogP contribution in [0.3, 0.4) is 0 Å². The molecule has 0 unspecified atom stereocenters. The van der Waals surface area contributed by atoms with Crippen molar-refractivity contribution in [2.75, 3.05) is 13.1 Å². The Balaban J connectivity index is 1.85. The monoisotopic (exact) mass is 285 g/mol. The Morgan fingerprint density at radius 1 is 1.05 bits per heavy atom. The first-order chi connectivity index (χ1) is 10.4. The van der Waals surface area contributed by atoms with Crippen LogP contribution < -0.4 is 0 Å². The maximum absolute atomic E-state index is 4.91. The second-order valence-corrected chi connectivity index (χ2v) is 6.21. The SMILES string of the molecule is CCCCn1c(CN2CCCCCC2)nc2ccccc21. The minimum atomic E-state index is 1.01. The lowest BCUT2D eigenvalue weighted by atomic mass is 10.2. The van der Waals surface area contributed by atoms with Crippen LogP contribution in [-0.2, 0) is 13.1 Å². The number of hydrogen-bond acceptors (Lipinski definition) is 2. The van der Waals surface area contributed by atoms with Crippen molar-refractivity contribution in [1.29, 1.82) is 0 Å². The highest BCUT2D eigenvalue weighted by atomic mass is 15.2. The fourth-order valence-corrected chi connectivity index (χ4v) is 3.31. The van der Waals surface area contributed by atoms with Crippen molar-refractivity contribution in [1.82, 2.24) is 14.5 Å². The van der Waals surface area contributed by atoms with E-state index in [1.807, 2.05) is 0 Å². The summed E-state index contributed by atoms with van der Waals surface area (Å²) < 4.78 is 2.45. The molecule has 1 aliphatic rings. The molecule has 1 aliphatic heterocycles. The Morgan fingerprint density at radius 3 is 2.57 bits per heavy atom. The van der Waals surface area contributed by atoms with Crippen molar-refractivity contribution < 1.29 is 0 Å². The van der Waals surface area contributed by atoms with Gasteiger partial charge >= 0.3 is 0 Å². The van der Waals surface area contributed by atoms with Crippen molar-refractivity contribution >= 4 is 11.0 Å². The molecule has 0 spiro atoms. The fourth-order valence-electron chi connectivity index (χ4n) is 3.31. The van der Waals surface area contributed by atoms with Gasteiger partial charge in [0.05, 0.1) is 17.6 Å². The van der Waals surface area contributed by atoms with E-state index < -0.39 is 0 Å². The maximum Gasteiger partial charge on any atom is 0.124 e. The number of unbranched alkanes of at least 4 members (excludes halogenated alkanes) is 1. The highest BCUT2D eigenvalue weighted by Crippen LogP contribution is 2.19. The van der Waals surface area contributed by atoms with E-state index in [0.717, 1.165) is 18.6 Å². The molecule has 114 valence electrons. The van der Waals surface area contributed by atoms with Gasteiger partial charge in [-0.1, -0.05) is 38.3 Å².